The summed E-state index contributed by atoms with van der Waals surface area (Å²) in [6.45, 7) is 0. The topological polar surface area (TPSA) is 46.5 Å². The van der Waals surface area contributed by atoms with Gasteiger partial charge >= 0.3 is 5.97 Å². The second-order valence-electron chi connectivity index (χ2n) is 4.42. The van der Waals surface area contributed by atoms with Crippen LogP contribution in [0.15, 0.2) is 16.6 Å². The van der Waals surface area contributed by atoms with E-state index in [1.807, 2.05) is 0 Å². The molecular weight excluding hydrogens is 303 g/mol. The molecule has 0 radical (unpaired) electrons. The summed E-state index contributed by atoms with van der Waals surface area (Å²) < 4.78 is 19.5. The molecule has 98 valence electrons. The van der Waals surface area contributed by atoms with Crippen LogP contribution in [0.2, 0.25) is 0 Å². The molecule has 1 aliphatic carbocycles. The Hall–Kier alpha value is -1.10. The van der Waals surface area contributed by atoms with Gasteiger partial charge in [0, 0.05) is 0 Å². The van der Waals surface area contributed by atoms with Gasteiger partial charge in [-0.15, -0.1) is 0 Å². The number of carboxylic acids is 1. The second-order valence-corrected chi connectivity index (χ2v) is 5.22. The van der Waals surface area contributed by atoms with Gasteiger partial charge < -0.3 is 9.84 Å². The maximum absolute atomic E-state index is 13.9. The lowest BCUT2D eigenvalue weighted by Gasteiger charge is -2.23. The lowest BCUT2D eigenvalue weighted by molar-refractivity contribution is 0.0695. The SMILES string of the molecule is O=C(O)c1ccc(OC2CCCCC2)c(F)c1Br. The highest BCUT2D eigenvalue weighted by Gasteiger charge is 2.20. The molecule has 0 amide bonds. The number of hydrogen-bond donors (Lipinski definition) is 1. The van der Waals surface area contributed by atoms with E-state index in [0.717, 1.165) is 25.7 Å². The molecule has 0 spiro atoms. The van der Waals surface area contributed by atoms with Crippen LogP contribution in [-0.2, 0) is 0 Å². The summed E-state index contributed by atoms with van der Waals surface area (Å²) in [6, 6.07) is 2.74. The van der Waals surface area contributed by atoms with Crippen LogP contribution >= 0.6 is 15.9 Å². The third-order valence-electron chi connectivity index (χ3n) is 3.12. The molecule has 2 rings (SSSR count). The minimum absolute atomic E-state index is 0.0378. The van der Waals surface area contributed by atoms with E-state index < -0.39 is 11.8 Å². The molecule has 0 aliphatic heterocycles. The molecule has 3 nitrogen and oxygen atoms in total. The second kappa shape index (κ2) is 5.69. The molecule has 1 N–H and O–H groups in total. The smallest absolute Gasteiger partial charge is 0.336 e. The van der Waals surface area contributed by atoms with E-state index in [9.17, 15) is 9.18 Å². The predicted octanol–water partition coefficient (Wildman–Crippen LogP) is 4.00. The van der Waals surface area contributed by atoms with Crippen LogP contribution in [0.1, 0.15) is 42.5 Å². The Bertz CT molecular complexity index is 456. The van der Waals surface area contributed by atoms with Crippen molar-refractivity contribution in [3.63, 3.8) is 0 Å². The van der Waals surface area contributed by atoms with Crippen LogP contribution in [-0.4, -0.2) is 17.2 Å². The minimum atomic E-state index is -1.16. The van der Waals surface area contributed by atoms with Gasteiger partial charge in [0.15, 0.2) is 11.6 Å². The van der Waals surface area contributed by atoms with E-state index in [2.05, 4.69) is 15.9 Å². The number of carboxylic acid groups (broad SMARTS) is 1. The fraction of sp³-hybridized carbons (Fsp3) is 0.462. The maximum atomic E-state index is 13.9. The zero-order valence-electron chi connectivity index (χ0n) is 9.79. The lowest BCUT2D eigenvalue weighted by atomic mass is 9.98. The average Bonchev–Trinajstić information content (AvgIpc) is 2.36. The minimum Gasteiger partial charge on any atom is -0.487 e. The van der Waals surface area contributed by atoms with Crippen molar-refractivity contribution in [3.05, 3.63) is 28.0 Å². The van der Waals surface area contributed by atoms with Gasteiger partial charge in [-0.05, 0) is 53.7 Å². The molecule has 0 atom stereocenters. The first kappa shape index (κ1) is 13.3. The zero-order valence-corrected chi connectivity index (χ0v) is 11.4. The van der Waals surface area contributed by atoms with E-state index in [1.165, 1.54) is 18.6 Å². The highest BCUT2D eigenvalue weighted by atomic mass is 79.9. The molecule has 1 fully saturated rings. The molecule has 0 bridgehead atoms. The fourth-order valence-corrected chi connectivity index (χ4v) is 2.65. The molecule has 1 aliphatic rings. The molecule has 0 aromatic heterocycles. The van der Waals surface area contributed by atoms with E-state index in [1.54, 1.807) is 0 Å². The van der Waals surface area contributed by atoms with E-state index in [-0.39, 0.29) is 21.9 Å². The Labute approximate surface area is 113 Å². The van der Waals surface area contributed by atoms with Gasteiger partial charge in [0.05, 0.1) is 16.1 Å². The Morgan fingerprint density at radius 3 is 2.61 bits per heavy atom. The molecule has 1 aromatic rings. The molecule has 0 heterocycles. The Morgan fingerprint density at radius 1 is 1.33 bits per heavy atom. The third kappa shape index (κ3) is 2.83. The number of aromatic carboxylic acids is 1. The summed E-state index contributed by atoms with van der Waals surface area (Å²) in [5.74, 6) is -1.68. The first-order valence-electron chi connectivity index (χ1n) is 5.97. The lowest BCUT2D eigenvalue weighted by Crippen LogP contribution is -2.20. The first-order chi connectivity index (χ1) is 8.59. The Kier molecular flexibility index (Phi) is 4.22. The van der Waals surface area contributed by atoms with Crippen LogP contribution in [0.4, 0.5) is 4.39 Å². The van der Waals surface area contributed by atoms with Crippen molar-refractivity contribution >= 4 is 21.9 Å². The number of rotatable bonds is 3. The average molecular weight is 317 g/mol. The van der Waals surface area contributed by atoms with Gasteiger partial charge in [0.2, 0.25) is 0 Å². The number of carbonyl (C=O) groups is 1. The van der Waals surface area contributed by atoms with Gasteiger partial charge in [0.25, 0.3) is 0 Å². The van der Waals surface area contributed by atoms with Crippen molar-refractivity contribution in [1.29, 1.82) is 0 Å². The van der Waals surface area contributed by atoms with Crippen molar-refractivity contribution < 1.29 is 19.0 Å². The zero-order chi connectivity index (χ0) is 13.1. The quantitative estimate of drug-likeness (QED) is 0.916. The van der Waals surface area contributed by atoms with E-state index in [4.69, 9.17) is 9.84 Å². The summed E-state index contributed by atoms with van der Waals surface area (Å²) in [6.07, 6.45) is 5.29. The van der Waals surface area contributed by atoms with Gasteiger partial charge in [-0.1, -0.05) is 6.42 Å². The maximum Gasteiger partial charge on any atom is 0.336 e. The number of ether oxygens (including phenoxy) is 1. The molecule has 0 unspecified atom stereocenters. The molecule has 1 aromatic carbocycles. The van der Waals surface area contributed by atoms with Crippen molar-refractivity contribution in [2.45, 2.75) is 38.2 Å². The predicted molar refractivity (Wildman–Crippen MR) is 68.6 cm³/mol. The summed E-state index contributed by atoms with van der Waals surface area (Å²) in [5, 5.41) is 8.86. The molecular formula is C13H14BrFO3. The molecule has 5 heteroatoms. The van der Waals surface area contributed by atoms with E-state index in [0.29, 0.717) is 0 Å². The highest BCUT2D eigenvalue weighted by Crippen LogP contribution is 2.31. The largest absolute Gasteiger partial charge is 0.487 e. The summed E-state index contributed by atoms with van der Waals surface area (Å²) in [5.41, 5.74) is -0.0940. The highest BCUT2D eigenvalue weighted by molar-refractivity contribution is 9.10. The van der Waals surface area contributed by atoms with Crippen molar-refractivity contribution in [2.24, 2.45) is 0 Å². The first-order valence-corrected chi connectivity index (χ1v) is 6.77. The normalized spacial score (nSPS) is 16.6. The summed E-state index contributed by atoms with van der Waals surface area (Å²) in [7, 11) is 0. The third-order valence-corrected chi connectivity index (χ3v) is 3.90. The van der Waals surface area contributed by atoms with Crippen LogP contribution < -0.4 is 4.74 Å². The molecule has 0 saturated heterocycles. The van der Waals surface area contributed by atoms with Crippen molar-refractivity contribution in [3.8, 4) is 5.75 Å². The molecule has 18 heavy (non-hydrogen) atoms. The Balaban J connectivity index is 2.18. The summed E-state index contributed by atoms with van der Waals surface area (Å²) in [4.78, 5) is 10.8. The Morgan fingerprint density at radius 2 is 2.00 bits per heavy atom. The van der Waals surface area contributed by atoms with Crippen molar-refractivity contribution in [1.82, 2.24) is 0 Å². The van der Waals surface area contributed by atoms with Gasteiger partial charge in [-0.3, -0.25) is 0 Å². The summed E-state index contributed by atoms with van der Waals surface area (Å²) >= 11 is 2.96. The van der Waals surface area contributed by atoms with Crippen LogP contribution in [0.3, 0.4) is 0 Å². The van der Waals surface area contributed by atoms with Crippen LogP contribution in [0, 0.1) is 5.82 Å². The number of halogens is 2. The van der Waals surface area contributed by atoms with Gasteiger partial charge in [-0.2, -0.15) is 0 Å². The van der Waals surface area contributed by atoms with Crippen molar-refractivity contribution in [2.75, 3.05) is 0 Å². The number of benzene rings is 1. The monoisotopic (exact) mass is 316 g/mol. The standard InChI is InChI=1S/C13H14BrFO3/c14-11-9(13(16)17)6-7-10(12(11)15)18-8-4-2-1-3-5-8/h6-8H,1-5H2,(H,16,17). The van der Waals surface area contributed by atoms with Crippen LogP contribution in [0.5, 0.6) is 5.75 Å². The van der Waals surface area contributed by atoms with Gasteiger partial charge in [-0.25, -0.2) is 9.18 Å². The molecule has 1 saturated carbocycles. The number of hydrogen-bond acceptors (Lipinski definition) is 2. The van der Waals surface area contributed by atoms with Crippen LogP contribution in [0.25, 0.3) is 0 Å². The fourth-order valence-electron chi connectivity index (χ4n) is 2.15. The van der Waals surface area contributed by atoms with E-state index >= 15 is 0 Å². The van der Waals surface area contributed by atoms with Gasteiger partial charge in [0.1, 0.15) is 0 Å².